The van der Waals surface area contributed by atoms with Gasteiger partial charge in [-0.1, -0.05) is 5.92 Å². The second-order valence-electron chi connectivity index (χ2n) is 4.85. The van der Waals surface area contributed by atoms with Gasteiger partial charge in [0.2, 0.25) is 0 Å². The maximum atomic E-state index is 11.8. The number of hydrogen-bond donors (Lipinski definition) is 4. The smallest absolute Gasteiger partial charge is 0.315 e. The minimum atomic E-state index is -1.26. The molecule has 1 rings (SSSR count). The molecular weight excluding hydrogens is 308 g/mol. The van der Waals surface area contributed by atoms with Crippen molar-refractivity contribution in [2.75, 3.05) is 33.5 Å². The molecule has 9 nitrogen and oxygen atoms in total. The van der Waals surface area contributed by atoms with Crippen molar-refractivity contribution in [2.24, 2.45) is 5.92 Å². The first-order valence-electron chi connectivity index (χ1n) is 7.07. The summed E-state index contributed by atoms with van der Waals surface area (Å²) in [6, 6.07) is -1.48. The second kappa shape index (κ2) is 10.1. The van der Waals surface area contributed by atoms with Gasteiger partial charge in [0.05, 0.1) is 31.3 Å². The lowest BCUT2D eigenvalue weighted by molar-refractivity contribution is -0.244. The Morgan fingerprint density at radius 3 is 2.83 bits per heavy atom. The van der Waals surface area contributed by atoms with Crippen molar-refractivity contribution in [3.63, 3.8) is 0 Å². The van der Waals surface area contributed by atoms with Crippen molar-refractivity contribution >= 4 is 12.3 Å². The number of carbonyl (C=O) groups excluding carboxylic acids is 2. The maximum absolute atomic E-state index is 11.8. The van der Waals surface area contributed by atoms with Gasteiger partial charge >= 0.3 is 6.03 Å². The van der Waals surface area contributed by atoms with Crippen molar-refractivity contribution in [3.8, 4) is 12.3 Å². The first kappa shape index (κ1) is 19.3. The van der Waals surface area contributed by atoms with Crippen molar-refractivity contribution in [1.29, 1.82) is 0 Å². The normalized spacial score (nSPS) is 30.3. The lowest BCUT2D eigenvalue weighted by atomic mass is 9.88. The molecule has 130 valence electrons. The fourth-order valence-electron chi connectivity index (χ4n) is 2.23. The molecule has 0 unspecified atom stereocenters. The largest absolute Gasteiger partial charge is 0.394 e. The van der Waals surface area contributed by atoms with Gasteiger partial charge in [-0.3, -0.25) is 0 Å². The molecular formula is C14H22N2O7. The van der Waals surface area contributed by atoms with Crippen molar-refractivity contribution in [2.45, 2.75) is 24.5 Å². The van der Waals surface area contributed by atoms with Crippen LogP contribution in [-0.2, 0) is 19.0 Å². The minimum Gasteiger partial charge on any atom is -0.394 e. The number of urea groups is 1. The van der Waals surface area contributed by atoms with Gasteiger partial charge < -0.3 is 39.9 Å². The monoisotopic (exact) mass is 330 g/mol. The van der Waals surface area contributed by atoms with Gasteiger partial charge in [0, 0.05) is 13.7 Å². The molecule has 0 saturated carbocycles. The van der Waals surface area contributed by atoms with Crippen molar-refractivity contribution in [1.82, 2.24) is 10.6 Å². The topological polar surface area (TPSA) is 126 Å². The number of methoxy groups -OCH3 is 1. The van der Waals surface area contributed by atoms with Crippen molar-refractivity contribution in [3.05, 3.63) is 0 Å². The number of nitrogens with one attached hydrogen (secondary N) is 2. The van der Waals surface area contributed by atoms with Crippen molar-refractivity contribution < 1.29 is 34.0 Å². The van der Waals surface area contributed by atoms with Gasteiger partial charge in [-0.2, -0.15) is 0 Å². The third kappa shape index (κ3) is 5.46. The number of ether oxygens (including phenoxy) is 3. The van der Waals surface area contributed by atoms with Crippen LogP contribution in [0.15, 0.2) is 0 Å². The van der Waals surface area contributed by atoms with Crippen LogP contribution in [0.4, 0.5) is 4.79 Å². The predicted molar refractivity (Wildman–Crippen MR) is 78.3 cm³/mol. The Bertz CT molecular complexity index is 426. The number of hydrogen-bond acceptors (Lipinski definition) is 7. The number of carbonyl (C=O) groups is 2. The molecule has 9 heteroatoms. The van der Waals surface area contributed by atoms with Gasteiger partial charge in [-0.15, -0.1) is 6.42 Å². The highest BCUT2D eigenvalue weighted by atomic mass is 16.7. The van der Waals surface area contributed by atoms with E-state index in [1.165, 1.54) is 7.11 Å². The van der Waals surface area contributed by atoms with E-state index in [0.717, 1.165) is 0 Å². The fourth-order valence-corrected chi connectivity index (χ4v) is 2.23. The molecule has 1 aliphatic heterocycles. The minimum absolute atomic E-state index is 0.146. The first-order valence-corrected chi connectivity index (χ1v) is 7.07. The van der Waals surface area contributed by atoms with E-state index >= 15 is 0 Å². The van der Waals surface area contributed by atoms with Crippen LogP contribution in [0, 0.1) is 18.3 Å². The van der Waals surface area contributed by atoms with Gasteiger partial charge in [0.15, 0.2) is 6.29 Å². The van der Waals surface area contributed by atoms with Gasteiger partial charge in [-0.05, 0) is 0 Å². The summed E-state index contributed by atoms with van der Waals surface area (Å²) in [6.45, 7) is 0.120. The summed E-state index contributed by atoms with van der Waals surface area (Å²) in [5.41, 5.74) is 0. The Morgan fingerprint density at radius 2 is 2.26 bits per heavy atom. The molecule has 0 aromatic heterocycles. The lowest BCUT2D eigenvalue weighted by Gasteiger charge is -2.41. The molecule has 0 radical (unpaired) electrons. The molecule has 0 aliphatic carbocycles. The fraction of sp³-hybridized carbons (Fsp3) is 0.714. The summed E-state index contributed by atoms with van der Waals surface area (Å²) in [7, 11) is 1.33. The van der Waals surface area contributed by atoms with E-state index in [-0.39, 0.29) is 19.8 Å². The molecule has 0 spiro atoms. The van der Waals surface area contributed by atoms with Gasteiger partial charge in [-0.25, -0.2) is 4.79 Å². The van der Waals surface area contributed by atoms with E-state index in [1.54, 1.807) is 0 Å². The zero-order valence-electron chi connectivity index (χ0n) is 12.8. The quantitative estimate of drug-likeness (QED) is 0.227. The molecule has 0 bridgehead atoms. The Labute approximate surface area is 134 Å². The van der Waals surface area contributed by atoms with E-state index in [2.05, 4.69) is 16.6 Å². The average Bonchev–Trinajstić information content (AvgIpc) is 2.55. The summed E-state index contributed by atoms with van der Waals surface area (Å²) >= 11 is 0. The number of aliphatic hydroxyl groups excluding tert-OH is 2. The zero-order valence-corrected chi connectivity index (χ0v) is 12.8. The Hall–Kier alpha value is -1.70. The zero-order chi connectivity index (χ0) is 17.2. The van der Waals surface area contributed by atoms with E-state index in [0.29, 0.717) is 6.29 Å². The highest BCUT2D eigenvalue weighted by Crippen LogP contribution is 2.25. The molecule has 1 saturated heterocycles. The van der Waals surface area contributed by atoms with Crippen LogP contribution >= 0.6 is 0 Å². The highest BCUT2D eigenvalue weighted by molar-refractivity contribution is 5.75. The molecule has 23 heavy (non-hydrogen) atoms. The average molecular weight is 330 g/mol. The maximum Gasteiger partial charge on any atom is 0.315 e. The van der Waals surface area contributed by atoms with Crippen LogP contribution in [-0.4, -0.2) is 80.5 Å². The SMILES string of the molecule is C#CCOCCNC(=O)N[C@H]1[C@H](OC)O[C@H](CO)[C@H](O)[C@@H]1C=O. The molecule has 1 aliphatic rings. The van der Waals surface area contributed by atoms with E-state index in [1.807, 2.05) is 0 Å². The molecule has 4 N–H and O–H groups in total. The second-order valence-corrected chi connectivity index (χ2v) is 4.85. The molecule has 0 aromatic carbocycles. The highest BCUT2D eigenvalue weighted by Gasteiger charge is 2.45. The summed E-state index contributed by atoms with van der Waals surface area (Å²) in [6.07, 6.45) is 2.32. The van der Waals surface area contributed by atoms with E-state index < -0.39 is 43.1 Å². The van der Waals surface area contributed by atoms with Gasteiger partial charge in [0.25, 0.3) is 0 Å². The van der Waals surface area contributed by atoms with Crippen LogP contribution in [0.3, 0.4) is 0 Å². The molecule has 2 amide bonds. The van der Waals surface area contributed by atoms with Gasteiger partial charge in [0.1, 0.15) is 19.0 Å². The van der Waals surface area contributed by atoms with Crippen LogP contribution in [0.2, 0.25) is 0 Å². The van der Waals surface area contributed by atoms with Crippen LogP contribution < -0.4 is 10.6 Å². The number of rotatable bonds is 8. The van der Waals surface area contributed by atoms with Crippen LogP contribution in [0.1, 0.15) is 0 Å². The standard InChI is InChI=1S/C14H22N2O7/c1-3-5-22-6-4-15-14(20)16-11-9(7-17)12(19)10(8-18)23-13(11)21-2/h1,7,9-13,18-19H,4-6,8H2,2H3,(H2,15,16,20)/t9-,10-,11-,12-,13-/m1/s1. The Balaban J connectivity index is 2.58. The van der Waals surface area contributed by atoms with E-state index in [9.17, 15) is 14.7 Å². The first-order chi connectivity index (χ1) is 11.1. The Kier molecular flexibility index (Phi) is 8.53. The van der Waals surface area contributed by atoms with E-state index in [4.69, 9.17) is 25.7 Å². The summed E-state index contributed by atoms with van der Waals surface area (Å²) in [4.78, 5) is 23.1. The molecule has 5 atom stereocenters. The third-order valence-electron chi connectivity index (χ3n) is 3.38. The molecule has 1 heterocycles. The Morgan fingerprint density at radius 1 is 1.52 bits per heavy atom. The molecule has 1 fully saturated rings. The molecule has 0 aromatic rings. The summed E-state index contributed by atoms with van der Waals surface area (Å²) < 4.78 is 15.4. The third-order valence-corrected chi connectivity index (χ3v) is 3.38. The summed E-state index contributed by atoms with van der Waals surface area (Å²) in [5.74, 6) is 1.31. The lowest BCUT2D eigenvalue weighted by Crippen LogP contribution is -2.63. The van der Waals surface area contributed by atoms with Crippen LogP contribution in [0.5, 0.6) is 0 Å². The summed E-state index contributed by atoms with van der Waals surface area (Å²) in [5, 5.41) is 24.2. The van der Waals surface area contributed by atoms with Crippen LogP contribution in [0.25, 0.3) is 0 Å². The number of amides is 2. The number of terminal acetylenes is 1. The number of aliphatic hydroxyl groups is 2. The number of aldehydes is 1. The predicted octanol–water partition coefficient (Wildman–Crippen LogP) is -2.16.